The maximum Gasteiger partial charge on any atom is 0.326 e. The number of aliphatic hydroxyl groups is 3. The second kappa shape index (κ2) is 42.9. The molecule has 0 aromatic carbocycles. The number of hydrogen-bond acceptors (Lipinski definition) is 21. The van der Waals surface area contributed by atoms with Gasteiger partial charge >= 0.3 is 17.9 Å². The van der Waals surface area contributed by atoms with E-state index >= 15 is 0 Å². The van der Waals surface area contributed by atoms with E-state index in [1.165, 1.54) is 6.92 Å². The molecule has 0 fully saturated rings. The lowest BCUT2D eigenvalue weighted by Crippen LogP contribution is -2.61. The van der Waals surface area contributed by atoms with Crippen LogP contribution in [0.25, 0.3) is 0 Å². The number of carbonyl (C=O) groups excluding carboxylic acids is 12. The number of unbranched alkanes of at least 4 members (excludes halogenated alkanes) is 1. The van der Waals surface area contributed by atoms with Crippen LogP contribution in [0, 0.1) is 11.8 Å². The van der Waals surface area contributed by atoms with E-state index < -0.39 is 225 Å². The van der Waals surface area contributed by atoms with Crippen LogP contribution in [0.5, 0.6) is 0 Å². The average Bonchev–Trinajstić information content (AvgIpc) is 1.29. The fourth-order valence-electron chi connectivity index (χ4n) is 8.29. The first kappa shape index (κ1) is 82.1. The van der Waals surface area contributed by atoms with E-state index in [4.69, 9.17) is 39.5 Å². The van der Waals surface area contributed by atoms with Gasteiger partial charge in [-0.3, -0.25) is 72.1 Å². The first-order valence-corrected chi connectivity index (χ1v) is 29.2. The summed E-state index contributed by atoms with van der Waals surface area (Å²) >= 11 is 0. The number of hydrogen-bond donors (Lipinski definition) is 22. The van der Waals surface area contributed by atoms with Crippen LogP contribution < -0.4 is 87.6 Å². The number of nitrogens with one attached hydrogen (secondary N) is 10. The molecule has 0 spiro atoms. The number of nitrogens with zero attached hydrogens (tertiary/aromatic N) is 1. The van der Waals surface area contributed by atoms with Gasteiger partial charge in [0.25, 0.3) is 0 Å². The summed E-state index contributed by atoms with van der Waals surface area (Å²) in [6, 6.07) is -18.7. The van der Waals surface area contributed by atoms with Crippen LogP contribution in [0.15, 0.2) is 4.99 Å². The molecule has 0 heterocycles. The number of carboxylic acid groups (broad SMARTS) is 3. The molecule has 0 aromatic heterocycles. The summed E-state index contributed by atoms with van der Waals surface area (Å²) < 4.78 is 0. The van der Waals surface area contributed by atoms with Crippen molar-refractivity contribution >= 4 is 94.8 Å². The number of carbonyl (C=O) groups is 15. The van der Waals surface area contributed by atoms with Crippen molar-refractivity contribution in [2.75, 3.05) is 26.3 Å². The van der Waals surface area contributed by atoms with Crippen LogP contribution in [0.2, 0.25) is 0 Å². The summed E-state index contributed by atoms with van der Waals surface area (Å²) in [6.07, 6.45) is -6.27. The minimum absolute atomic E-state index is 0.0259. The number of aliphatic hydroxyl groups excluding tert-OH is 3. The molecule has 12 atom stereocenters. The highest BCUT2D eigenvalue weighted by Crippen LogP contribution is 2.13. The molecule has 28 N–H and O–H groups in total. The smallest absolute Gasteiger partial charge is 0.326 e. The Kier molecular flexibility index (Phi) is 38.8. The quantitative estimate of drug-likeness (QED) is 0.0153. The van der Waals surface area contributed by atoms with Gasteiger partial charge in [0.05, 0.1) is 25.7 Å². The van der Waals surface area contributed by atoms with Gasteiger partial charge in [-0.05, 0) is 89.5 Å². The number of amides is 12. The summed E-state index contributed by atoms with van der Waals surface area (Å²) in [6.45, 7) is 5.44. The molecule has 91 heavy (non-hydrogen) atoms. The largest absolute Gasteiger partial charge is 0.481 e. The van der Waals surface area contributed by atoms with Gasteiger partial charge < -0.3 is 118 Å². The monoisotopic (exact) mass is 1300 g/mol. The van der Waals surface area contributed by atoms with Gasteiger partial charge in [0.15, 0.2) is 5.96 Å². The Hall–Kier alpha value is -8.88. The van der Waals surface area contributed by atoms with Gasteiger partial charge in [0.2, 0.25) is 70.9 Å². The molecule has 0 unspecified atom stereocenters. The Morgan fingerprint density at radius 2 is 0.714 bits per heavy atom. The minimum atomic E-state index is -1.97. The van der Waals surface area contributed by atoms with Crippen LogP contribution in [-0.4, -0.2) is 224 Å². The molecule has 0 aliphatic heterocycles. The molecule has 0 bridgehead atoms. The maximum atomic E-state index is 14.2. The number of primary amides is 2. The van der Waals surface area contributed by atoms with Gasteiger partial charge in [-0.15, -0.1) is 0 Å². The lowest BCUT2D eigenvalue weighted by molar-refractivity contribution is -0.143. The molecule has 0 rings (SSSR count). The Bertz CT molecular complexity index is 2530. The van der Waals surface area contributed by atoms with E-state index in [0.717, 1.165) is 0 Å². The van der Waals surface area contributed by atoms with E-state index in [1.807, 2.05) is 0 Å². The van der Waals surface area contributed by atoms with E-state index in [-0.39, 0.29) is 63.5 Å². The lowest BCUT2D eigenvalue weighted by atomic mass is 10.0. The highest BCUT2D eigenvalue weighted by molar-refractivity contribution is 6.00. The number of guanidine groups is 1. The third-order valence-corrected chi connectivity index (χ3v) is 13.2. The van der Waals surface area contributed by atoms with Crippen molar-refractivity contribution < 1.29 is 103 Å². The van der Waals surface area contributed by atoms with Crippen LogP contribution in [0.4, 0.5) is 0 Å². The average molecular weight is 1300 g/mol. The zero-order valence-electron chi connectivity index (χ0n) is 51.5. The van der Waals surface area contributed by atoms with Gasteiger partial charge in [-0.1, -0.05) is 27.7 Å². The molecule has 0 radical (unpaired) electrons. The zero-order valence-corrected chi connectivity index (χ0v) is 51.5. The fraction of sp³-hybridized carbons (Fsp3) is 0.698. The fourth-order valence-corrected chi connectivity index (χ4v) is 8.29. The molecule has 0 saturated heterocycles. The first-order chi connectivity index (χ1) is 42.5. The SMILES string of the molecule is CC(C)C[C@H](NC(=O)[C@H](CO)NC(=O)[C@H](CCC(=O)O)NC(=O)[C@H](CCC(N)=O)NC(=O)[C@H](CC(C)C)NC(=O)[C@H](CC(N)=O)NC(=O)[C@@H](N)[C@@H](C)O)C(=O)N[C@@H](CCCN=C(N)N)C(=O)N[C@@H](CO)C(=O)N[C@@H](CCCCN)C(=O)N[C@@H](CCC(=O)O)C(=O)O. The van der Waals surface area contributed by atoms with Crippen LogP contribution >= 0.6 is 0 Å². The predicted octanol–water partition coefficient (Wildman–Crippen LogP) is -9.24. The number of carboxylic acids is 3. The minimum Gasteiger partial charge on any atom is -0.481 e. The summed E-state index contributed by atoms with van der Waals surface area (Å²) in [5.74, 6) is -19.1. The second-order valence-electron chi connectivity index (χ2n) is 22.1. The number of nitrogens with two attached hydrogens (primary N) is 6. The molecule has 12 amide bonds. The van der Waals surface area contributed by atoms with Crippen molar-refractivity contribution in [2.24, 2.45) is 51.2 Å². The molecule has 0 aliphatic carbocycles. The Labute approximate surface area is 523 Å². The van der Waals surface area contributed by atoms with Crippen molar-refractivity contribution in [3.05, 3.63) is 0 Å². The molecule has 0 saturated carbocycles. The Morgan fingerprint density at radius 3 is 1.05 bits per heavy atom. The standard InChI is InChI=1S/C53H93N17O21/c1-24(2)19-32(66-48(86)34(21-38(56)75)68-51(89)41(57)26(5)73)47(85)64-29(11-14-37(55)74)44(82)63-30(12-15-39(76)77)45(83)70-36(23-72)50(88)67-33(20-25(3)4)46(84)61-28(10-8-18-60-53(58)59)43(81)69-35(22-71)49(87)62-27(9-6-7-17-54)42(80)65-31(52(90)91)13-16-40(78)79/h24-36,41,71-73H,6-23,54,57H2,1-5H3,(H2,55,74)(H2,56,75)(H,61,84)(H,62,87)(H,63,82)(H,64,85)(H,65,80)(H,66,86)(H,67,88)(H,68,89)(H,69,81)(H,70,83)(H,76,77)(H,78,79)(H,90,91)(H4,58,59,60)/t26-,27+,28+,29+,30+,31+,32+,33+,34+,35+,36+,41+/m1/s1. The predicted molar refractivity (Wildman–Crippen MR) is 318 cm³/mol. The van der Waals surface area contributed by atoms with Gasteiger partial charge in [0, 0.05) is 25.8 Å². The van der Waals surface area contributed by atoms with Crippen molar-refractivity contribution in [2.45, 2.75) is 197 Å². The van der Waals surface area contributed by atoms with Gasteiger partial charge in [-0.2, -0.15) is 0 Å². The van der Waals surface area contributed by atoms with E-state index in [9.17, 15) is 97.5 Å². The topological polar surface area (TPSA) is 666 Å². The summed E-state index contributed by atoms with van der Waals surface area (Å²) in [5.41, 5.74) is 32.8. The van der Waals surface area contributed by atoms with Gasteiger partial charge in [0.1, 0.15) is 66.5 Å². The van der Waals surface area contributed by atoms with Crippen molar-refractivity contribution in [3.63, 3.8) is 0 Å². The van der Waals surface area contributed by atoms with E-state index in [0.29, 0.717) is 6.42 Å². The van der Waals surface area contributed by atoms with Crippen molar-refractivity contribution in [1.29, 1.82) is 0 Å². The normalized spacial score (nSPS) is 15.0. The summed E-state index contributed by atoms with van der Waals surface area (Å²) in [4.78, 5) is 200. The molecular weight excluding hydrogens is 1210 g/mol. The van der Waals surface area contributed by atoms with E-state index in [2.05, 4.69) is 58.2 Å². The third-order valence-electron chi connectivity index (χ3n) is 13.2. The number of aliphatic imine (C=N–C) groups is 1. The molecule has 516 valence electrons. The highest BCUT2D eigenvalue weighted by atomic mass is 16.4. The summed E-state index contributed by atoms with van der Waals surface area (Å²) in [5, 5.41) is 81.6. The van der Waals surface area contributed by atoms with Crippen LogP contribution in [-0.2, 0) is 71.9 Å². The molecular formula is C53H93N17O21. The Morgan fingerprint density at radius 1 is 0.396 bits per heavy atom. The number of rotatable bonds is 47. The maximum absolute atomic E-state index is 14.2. The van der Waals surface area contributed by atoms with Crippen molar-refractivity contribution in [3.8, 4) is 0 Å². The molecule has 0 aliphatic rings. The second-order valence-corrected chi connectivity index (χ2v) is 22.1. The lowest BCUT2D eigenvalue weighted by Gasteiger charge is -2.28. The van der Waals surface area contributed by atoms with E-state index in [1.54, 1.807) is 27.7 Å². The molecule has 0 aromatic rings. The third kappa shape index (κ3) is 34.1. The number of aliphatic carboxylic acids is 3. The van der Waals surface area contributed by atoms with Gasteiger partial charge in [-0.25, -0.2) is 4.79 Å². The first-order valence-electron chi connectivity index (χ1n) is 29.2. The Balaban J connectivity index is 6.93. The molecule has 38 heteroatoms. The van der Waals surface area contributed by atoms with Crippen LogP contribution in [0.1, 0.15) is 125 Å². The summed E-state index contributed by atoms with van der Waals surface area (Å²) in [7, 11) is 0. The van der Waals surface area contributed by atoms with Crippen molar-refractivity contribution in [1.82, 2.24) is 53.2 Å². The van der Waals surface area contributed by atoms with Crippen LogP contribution in [0.3, 0.4) is 0 Å². The molecule has 38 nitrogen and oxygen atoms in total. The zero-order chi connectivity index (χ0) is 69.8. The highest BCUT2D eigenvalue weighted by Gasteiger charge is 2.37.